The van der Waals surface area contributed by atoms with E-state index in [9.17, 15) is 12.8 Å². The number of benzene rings is 2. The van der Waals surface area contributed by atoms with Gasteiger partial charge in [0, 0.05) is 30.0 Å². The van der Waals surface area contributed by atoms with E-state index in [2.05, 4.69) is 15.0 Å². The Kier molecular flexibility index (Phi) is 4.81. The molecule has 0 amide bonds. The molecule has 0 bridgehead atoms. The highest BCUT2D eigenvalue weighted by molar-refractivity contribution is 7.93. The first-order valence-electron chi connectivity index (χ1n) is 8.50. The summed E-state index contributed by atoms with van der Waals surface area (Å²) in [6.07, 6.45) is 5.85. The van der Waals surface area contributed by atoms with Crippen LogP contribution in [0.3, 0.4) is 0 Å². The molecule has 0 radical (unpaired) electrons. The van der Waals surface area contributed by atoms with Crippen LogP contribution >= 0.6 is 0 Å². The fourth-order valence-electron chi connectivity index (χ4n) is 2.97. The predicted octanol–water partition coefficient (Wildman–Crippen LogP) is 3.70. The number of rotatable bonds is 5. The standard InChI is InChI=1S/C20H15FN4O3S/c1-28-20-17(21)3-2-4-18(20)25(19-8-10-23-13-24-19)29(26,27)16-6-5-15-12-22-9-7-14(15)11-16/h2-13H,1H3. The lowest BCUT2D eigenvalue weighted by atomic mass is 10.2. The molecule has 0 saturated heterocycles. The average Bonchev–Trinajstić information content (AvgIpc) is 2.74. The largest absolute Gasteiger partial charge is 0.492 e. The Morgan fingerprint density at radius 2 is 1.83 bits per heavy atom. The molecule has 0 spiro atoms. The quantitative estimate of drug-likeness (QED) is 0.499. The lowest BCUT2D eigenvalue weighted by molar-refractivity contribution is 0.388. The molecule has 0 saturated carbocycles. The van der Waals surface area contributed by atoms with E-state index in [4.69, 9.17) is 4.74 Å². The first-order chi connectivity index (χ1) is 14.0. The van der Waals surface area contributed by atoms with Crippen molar-refractivity contribution in [2.24, 2.45) is 0 Å². The number of hydrogen-bond acceptors (Lipinski definition) is 6. The highest BCUT2D eigenvalue weighted by atomic mass is 32.2. The van der Waals surface area contributed by atoms with Gasteiger partial charge in [-0.1, -0.05) is 12.1 Å². The number of methoxy groups -OCH3 is 1. The molecule has 0 aliphatic rings. The average molecular weight is 410 g/mol. The normalized spacial score (nSPS) is 11.4. The van der Waals surface area contributed by atoms with Crippen LogP contribution in [0.4, 0.5) is 15.9 Å². The van der Waals surface area contributed by atoms with Crippen LogP contribution in [-0.4, -0.2) is 30.5 Å². The number of anilines is 2. The number of para-hydroxylation sites is 1. The van der Waals surface area contributed by atoms with Crippen LogP contribution in [0.15, 0.2) is 78.3 Å². The molecule has 7 nitrogen and oxygen atoms in total. The van der Waals surface area contributed by atoms with Crippen molar-refractivity contribution in [3.63, 3.8) is 0 Å². The maximum atomic E-state index is 14.3. The maximum Gasteiger partial charge on any atom is 0.270 e. The Hall–Kier alpha value is -3.59. The van der Waals surface area contributed by atoms with Crippen molar-refractivity contribution in [1.29, 1.82) is 0 Å². The number of halogens is 1. The third kappa shape index (κ3) is 3.36. The molecule has 4 rings (SSSR count). The Morgan fingerprint density at radius 3 is 2.59 bits per heavy atom. The summed E-state index contributed by atoms with van der Waals surface area (Å²) in [6.45, 7) is 0. The second kappa shape index (κ2) is 7.44. The third-order valence-electron chi connectivity index (χ3n) is 4.29. The first-order valence-corrected chi connectivity index (χ1v) is 9.94. The van der Waals surface area contributed by atoms with Crippen molar-refractivity contribution in [3.8, 4) is 5.75 Å². The van der Waals surface area contributed by atoms with Crippen molar-refractivity contribution < 1.29 is 17.5 Å². The fourth-order valence-corrected chi connectivity index (χ4v) is 4.45. The monoisotopic (exact) mass is 410 g/mol. The highest BCUT2D eigenvalue weighted by Crippen LogP contribution is 2.39. The molecule has 0 unspecified atom stereocenters. The van der Waals surface area contributed by atoms with Gasteiger partial charge < -0.3 is 4.74 Å². The number of fused-ring (bicyclic) bond motifs is 1. The number of ether oxygens (including phenoxy) is 1. The predicted molar refractivity (Wildman–Crippen MR) is 106 cm³/mol. The summed E-state index contributed by atoms with van der Waals surface area (Å²) in [5.74, 6) is -0.845. The van der Waals surface area contributed by atoms with E-state index >= 15 is 0 Å². The van der Waals surface area contributed by atoms with Crippen LogP contribution in [0.2, 0.25) is 0 Å². The fraction of sp³-hybridized carbons (Fsp3) is 0.0500. The van der Waals surface area contributed by atoms with Gasteiger partial charge in [0.15, 0.2) is 17.4 Å². The van der Waals surface area contributed by atoms with Crippen LogP contribution in [-0.2, 0) is 10.0 Å². The Bertz CT molecular complexity index is 1280. The van der Waals surface area contributed by atoms with Crippen molar-refractivity contribution in [1.82, 2.24) is 15.0 Å². The lowest BCUT2D eigenvalue weighted by Crippen LogP contribution is -2.27. The van der Waals surface area contributed by atoms with Gasteiger partial charge in [0.05, 0.1) is 12.0 Å². The SMILES string of the molecule is COc1c(F)cccc1N(c1ccncn1)S(=O)(=O)c1ccc2cnccc2c1. The topological polar surface area (TPSA) is 85.3 Å². The molecule has 146 valence electrons. The van der Waals surface area contributed by atoms with Crippen LogP contribution < -0.4 is 9.04 Å². The summed E-state index contributed by atoms with van der Waals surface area (Å²) < 4.78 is 47.7. The minimum atomic E-state index is -4.17. The zero-order chi connectivity index (χ0) is 20.4. The molecule has 9 heteroatoms. The van der Waals surface area contributed by atoms with Crippen molar-refractivity contribution >= 4 is 32.3 Å². The Morgan fingerprint density at radius 1 is 1.00 bits per heavy atom. The van der Waals surface area contributed by atoms with Gasteiger partial charge in [0.2, 0.25) is 0 Å². The van der Waals surface area contributed by atoms with Crippen LogP contribution in [0, 0.1) is 5.82 Å². The van der Waals surface area contributed by atoms with Crippen molar-refractivity contribution in [2.75, 3.05) is 11.4 Å². The number of pyridine rings is 1. The van der Waals surface area contributed by atoms with E-state index in [1.807, 2.05) is 0 Å². The molecule has 2 heterocycles. The van der Waals surface area contributed by atoms with Gasteiger partial charge in [0.1, 0.15) is 12.0 Å². The van der Waals surface area contributed by atoms with Gasteiger partial charge in [-0.25, -0.2) is 27.1 Å². The summed E-state index contributed by atoms with van der Waals surface area (Å²) in [5, 5.41) is 1.50. The summed E-state index contributed by atoms with van der Waals surface area (Å²) in [4.78, 5) is 11.9. The van der Waals surface area contributed by atoms with Gasteiger partial charge >= 0.3 is 0 Å². The zero-order valence-corrected chi connectivity index (χ0v) is 16.0. The van der Waals surface area contributed by atoms with Gasteiger partial charge in [-0.15, -0.1) is 0 Å². The molecule has 0 aliphatic carbocycles. The maximum absolute atomic E-state index is 14.3. The highest BCUT2D eigenvalue weighted by Gasteiger charge is 2.31. The summed E-state index contributed by atoms with van der Waals surface area (Å²) in [6, 6.07) is 11.9. The molecular formula is C20H15FN4O3S. The van der Waals surface area contributed by atoms with Crippen LogP contribution in [0.1, 0.15) is 0 Å². The van der Waals surface area contributed by atoms with Gasteiger partial charge in [-0.3, -0.25) is 4.98 Å². The van der Waals surface area contributed by atoms with E-state index in [1.54, 1.807) is 24.5 Å². The lowest BCUT2D eigenvalue weighted by Gasteiger charge is -2.25. The van der Waals surface area contributed by atoms with E-state index in [0.717, 1.165) is 9.69 Å². The summed E-state index contributed by atoms with van der Waals surface area (Å²) >= 11 is 0. The minimum Gasteiger partial charge on any atom is -0.492 e. The first kappa shape index (κ1) is 18.8. The van der Waals surface area contributed by atoms with Gasteiger partial charge in [0.25, 0.3) is 10.0 Å². The van der Waals surface area contributed by atoms with E-state index in [1.165, 1.54) is 56.0 Å². The summed E-state index contributed by atoms with van der Waals surface area (Å²) in [7, 11) is -2.90. The van der Waals surface area contributed by atoms with Gasteiger partial charge in [-0.2, -0.15) is 0 Å². The number of nitrogens with zero attached hydrogens (tertiary/aromatic N) is 4. The Labute approximate surface area is 166 Å². The molecule has 4 aromatic rings. The molecule has 0 N–H and O–H groups in total. The number of sulfonamides is 1. The van der Waals surface area contributed by atoms with Crippen LogP contribution in [0.25, 0.3) is 10.8 Å². The Balaban J connectivity index is 1.96. The zero-order valence-electron chi connectivity index (χ0n) is 15.2. The van der Waals surface area contributed by atoms with E-state index in [0.29, 0.717) is 5.39 Å². The molecule has 0 fully saturated rings. The molecular weight excluding hydrogens is 395 g/mol. The third-order valence-corrected chi connectivity index (χ3v) is 6.01. The van der Waals surface area contributed by atoms with E-state index in [-0.39, 0.29) is 22.2 Å². The molecule has 0 atom stereocenters. The smallest absolute Gasteiger partial charge is 0.270 e. The molecule has 29 heavy (non-hydrogen) atoms. The minimum absolute atomic E-state index is 0.000949. The second-order valence-corrected chi connectivity index (χ2v) is 7.80. The molecule has 2 aromatic carbocycles. The molecule has 0 aliphatic heterocycles. The van der Waals surface area contributed by atoms with Crippen molar-refractivity contribution in [2.45, 2.75) is 4.90 Å². The number of hydrogen-bond donors (Lipinski definition) is 0. The van der Waals surface area contributed by atoms with E-state index < -0.39 is 15.8 Å². The second-order valence-electron chi connectivity index (χ2n) is 6.01. The van der Waals surface area contributed by atoms with Crippen LogP contribution in [0.5, 0.6) is 5.75 Å². The number of aromatic nitrogens is 3. The molecule has 2 aromatic heterocycles. The summed E-state index contributed by atoms with van der Waals surface area (Å²) in [5.41, 5.74) is 0.000949. The van der Waals surface area contributed by atoms with Crippen molar-refractivity contribution in [3.05, 3.63) is 79.3 Å². The van der Waals surface area contributed by atoms with Gasteiger partial charge in [-0.05, 0) is 35.7 Å².